The number of aromatic nitrogens is 2. The highest BCUT2D eigenvalue weighted by Crippen LogP contribution is 2.29. The third-order valence-corrected chi connectivity index (χ3v) is 6.51. The molecular formula is C24H24N4O2S. The molecule has 5 rings (SSSR count). The summed E-state index contributed by atoms with van der Waals surface area (Å²) in [5.41, 5.74) is 3.74. The molecule has 4 heterocycles. The van der Waals surface area contributed by atoms with Crippen molar-refractivity contribution in [2.75, 3.05) is 37.7 Å². The molecule has 1 aliphatic rings. The quantitative estimate of drug-likeness (QED) is 0.481. The molecule has 0 saturated carbocycles. The number of ether oxygens (including phenoxy) is 1. The van der Waals surface area contributed by atoms with E-state index in [0.717, 1.165) is 60.6 Å². The molecule has 6 nitrogen and oxygen atoms in total. The van der Waals surface area contributed by atoms with Crippen molar-refractivity contribution in [1.82, 2.24) is 15.3 Å². The summed E-state index contributed by atoms with van der Waals surface area (Å²) in [4.78, 5) is 24.0. The zero-order chi connectivity index (χ0) is 21.0. The van der Waals surface area contributed by atoms with Crippen LogP contribution >= 0.6 is 11.3 Å². The Balaban J connectivity index is 1.29. The standard InChI is InChI=1S/C24H24N4O2S/c29-24(25-8-7-19-2-1-13-31-19)17-3-5-20-21(16-26-22(20)14-17)18-4-6-23(27-15-18)28-9-11-30-12-10-28/h1-6,13-16,26H,7-12H2,(H,25,29). The Morgan fingerprint density at radius 2 is 2.10 bits per heavy atom. The molecule has 1 fully saturated rings. The molecule has 1 aromatic carbocycles. The van der Waals surface area contributed by atoms with Gasteiger partial charge in [0.15, 0.2) is 0 Å². The van der Waals surface area contributed by atoms with Crippen molar-refractivity contribution in [3.8, 4) is 11.1 Å². The second-order valence-corrected chi connectivity index (χ2v) is 8.58. The molecule has 0 unspecified atom stereocenters. The van der Waals surface area contributed by atoms with E-state index in [1.807, 2.05) is 36.7 Å². The van der Waals surface area contributed by atoms with E-state index in [2.05, 4.69) is 43.8 Å². The van der Waals surface area contributed by atoms with Crippen molar-refractivity contribution in [3.63, 3.8) is 0 Å². The van der Waals surface area contributed by atoms with Gasteiger partial charge in [-0.2, -0.15) is 0 Å². The number of nitrogens with one attached hydrogen (secondary N) is 2. The van der Waals surface area contributed by atoms with Crippen LogP contribution in [0.25, 0.3) is 22.0 Å². The van der Waals surface area contributed by atoms with Crippen LogP contribution < -0.4 is 10.2 Å². The average molecular weight is 433 g/mol. The Labute approximate surface area is 184 Å². The van der Waals surface area contributed by atoms with Crippen molar-refractivity contribution >= 4 is 34.0 Å². The van der Waals surface area contributed by atoms with E-state index >= 15 is 0 Å². The number of aromatic amines is 1. The lowest BCUT2D eigenvalue weighted by molar-refractivity contribution is 0.0954. The molecule has 0 bridgehead atoms. The first-order chi connectivity index (χ1) is 15.3. The maximum absolute atomic E-state index is 12.5. The number of rotatable bonds is 6. The lowest BCUT2D eigenvalue weighted by Crippen LogP contribution is -2.36. The molecular weight excluding hydrogens is 408 g/mol. The molecule has 0 aliphatic carbocycles. The molecule has 1 aliphatic heterocycles. The predicted molar refractivity (Wildman–Crippen MR) is 125 cm³/mol. The van der Waals surface area contributed by atoms with E-state index in [1.165, 1.54) is 4.88 Å². The van der Waals surface area contributed by atoms with Gasteiger partial charge in [-0.05, 0) is 42.1 Å². The van der Waals surface area contributed by atoms with Crippen LogP contribution in [0.3, 0.4) is 0 Å². The first-order valence-corrected chi connectivity index (χ1v) is 11.4. The van der Waals surface area contributed by atoms with Gasteiger partial charge in [0.1, 0.15) is 5.82 Å². The molecule has 2 N–H and O–H groups in total. The molecule has 3 aromatic heterocycles. The summed E-state index contributed by atoms with van der Waals surface area (Å²) in [6.45, 7) is 3.87. The maximum Gasteiger partial charge on any atom is 0.251 e. The van der Waals surface area contributed by atoms with E-state index < -0.39 is 0 Å². The van der Waals surface area contributed by atoms with E-state index in [4.69, 9.17) is 4.74 Å². The second-order valence-electron chi connectivity index (χ2n) is 7.55. The fourth-order valence-electron chi connectivity index (χ4n) is 3.89. The molecule has 0 atom stereocenters. The maximum atomic E-state index is 12.5. The number of fused-ring (bicyclic) bond motifs is 1. The zero-order valence-electron chi connectivity index (χ0n) is 17.1. The zero-order valence-corrected chi connectivity index (χ0v) is 18.0. The summed E-state index contributed by atoms with van der Waals surface area (Å²) in [6.07, 6.45) is 4.75. The number of nitrogens with zero attached hydrogens (tertiary/aromatic N) is 2. The number of H-pyrrole nitrogens is 1. The van der Waals surface area contributed by atoms with Crippen molar-refractivity contribution in [2.24, 2.45) is 0 Å². The Kier molecular flexibility index (Phi) is 5.69. The number of anilines is 1. The Bertz CT molecular complexity index is 1160. The molecule has 1 saturated heterocycles. The third kappa shape index (κ3) is 4.33. The van der Waals surface area contributed by atoms with Gasteiger partial charge in [-0.3, -0.25) is 4.79 Å². The molecule has 1 amide bonds. The minimum Gasteiger partial charge on any atom is -0.378 e. The summed E-state index contributed by atoms with van der Waals surface area (Å²) >= 11 is 1.71. The lowest BCUT2D eigenvalue weighted by atomic mass is 10.0. The smallest absolute Gasteiger partial charge is 0.251 e. The van der Waals surface area contributed by atoms with Gasteiger partial charge in [0, 0.05) is 64.5 Å². The van der Waals surface area contributed by atoms with Gasteiger partial charge in [-0.15, -0.1) is 11.3 Å². The number of hydrogen-bond acceptors (Lipinski definition) is 5. The van der Waals surface area contributed by atoms with Crippen LogP contribution in [0.2, 0.25) is 0 Å². The normalized spacial score (nSPS) is 14.1. The fraction of sp³-hybridized carbons (Fsp3) is 0.250. The van der Waals surface area contributed by atoms with Gasteiger partial charge in [-0.1, -0.05) is 12.1 Å². The summed E-state index contributed by atoms with van der Waals surface area (Å²) in [5, 5.41) is 6.14. The number of amides is 1. The van der Waals surface area contributed by atoms with Crippen molar-refractivity contribution in [3.05, 3.63) is 70.7 Å². The Hall–Kier alpha value is -3.16. The van der Waals surface area contributed by atoms with Crippen molar-refractivity contribution in [1.29, 1.82) is 0 Å². The minimum absolute atomic E-state index is 0.0499. The predicted octanol–water partition coefficient (Wildman–Crippen LogP) is 4.10. The van der Waals surface area contributed by atoms with E-state index in [-0.39, 0.29) is 5.91 Å². The van der Waals surface area contributed by atoms with E-state index in [0.29, 0.717) is 12.1 Å². The number of carbonyl (C=O) groups is 1. The van der Waals surface area contributed by atoms with Crippen LogP contribution in [0.4, 0.5) is 5.82 Å². The van der Waals surface area contributed by atoms with Gasteiger partial charge in [0.2, 0.25) is 0 Å². The minimum atomic E-state index is -0.0499. The van der Waals surface area contributed by atoms with Gasteiger partial charge in [0.25, 0.3) is 5.91 Å². The first kappa shape index (κ1) is 19.8. The van der Waals surface area contributed by atoms with Gasteiger partial charge in [-0.25, -0.2) is 4.98 Å². The van der Waals surface area contributed by atoms with Crippen LogP contribution in [-0.4, -0.2) is 48.7 Å². The van der Waals surface area contributed by atoms with Gasteiger partial charge in [0.05, 0.1) is 13.2 Å². The average Bonchev–Trinajstić information content (AvgIpc) is 3.49. The number of carbonyl (C=O) groups excluding carboxylic acids is 1. The summed E-state index contributed by atoms with van der Waals surface area (Å²) < 4.78 is 5.42. The molecule has 31 heavy (non-hydrogen) atoms. The molecule has 0 radical (unpaired) electrons. The van der Waals surface area contributed by atoms with Crippen molar-refractivity contribution in [2.45, 2.75) is 6.42 Å². The number of benzene rings is 1. The monoisotopic (exact) mass is 432 g/mol. The van der Waals surface area contributed by atoms with E-state index in [1.54, 1.807) is 11.3 Å². The SMILES string of the molecule is O=C(NCCc1cccs1)c1ccc2c(-c3ccc(N4CCOCC4)nc3)c[nH]c2c1. The van der Waals surface area contributed by atoms with Crippen molar-refractivity contribution < 1.29 is 9.53 Å². The third-order valence-electron chi connectivity index (χ3n) is 5.57. The topological polar surface area (TPSA) is 70.2 Å². The fourth-order valence-corrected chi connectivity index (χ4v) is 4.60. The summed E-state index contributed by atoms with van der Waals surface area (Å²) in [5.74, 6) is 0.930. The van der Waals surface area contributed by atoms with Crippen LogP contribution in [-0.2, 0) is 11.2 Å². The number of morpholine rings is 1. The number of hydrogen-bond donors (Lipinski definition) is 2. The van der Waals surface area contributed by atoms with Gasteiger partial charge < -0.3 is 19.9 Å². The van der Waals surface area contributed by atoms with E-state index in [9.17, 15) is 4.79 Å². The molecule has 7 heteroatoms. The largest absolute Gasteiger partial charge is 0.378 e. The van der Waals surface area contributed by atoms with Crippen LogP contribution in [0, 0.1) is 0 Å². The number of thiophene rings is 1. The highest BCUT2D eigenvalue weighted by atomic mass is 32.1. The van der Waals surface area contributed by atoms with Crippen LogP contribution in [0.5, 0.6) is 0 Å². The van der Waals surface area contributed by atoms with Crippen LogP contribution in [0.1, 0.15) is 15.2 Å². The number of pyridine rings is 1. The van der Waals surface area contributed by atoms with Gasteiger partial charge >= 0.3 is 0 Å². The summed E-state index contributed by atoms with van der Waals surface area (Å²) in [6, 6.07) is 14.1. The molecule has 0 spiro atoms. The Morgan fingerprint density at radius 1 is 1.19 bits per heavy atom. The highest BCUT2D eigenvalue weighted by molar-refractivity contribution is 7.09. The first-order valence-electron chi connectivity index (χ1n) is 10.5. The summed E-state index contributed by atoms with van der Waals surface area (Å²) in [7, 11) is 0. The molecule has 4 aromatic rings. The van der Waals surface area contributed by atoms with Crippen LogP contribution in [0.15, 0.2) is 60.2 Å². The second kappa shape index (κ2) is 8.91. The highest BCUT2D eigenvalue weighted by Gasteiger charge is 2.14. The molecule has 158 valence electrons. The Morgan fingerprint density at radius 3 is 2.87 bits per heavy atom. The lowest BCUT2D eigenvalue weighted by Gasteiger charge is -2.27.